The van der Waals surface area contributed by atoms with E-state index in [0.717, 1.165) is 18.6 Å². The Kier molecular flexibility index (Phi) is 16.3. The molecule has 234 valence electrons. The number of ether oxygens (including phenoxy) is 2. The van der Waals surface area contributed by atoms with Gasteiger partial charge in [-0.3, -0.25) is 0 Å². The van der Waals surface area contributed by atoms with E-state index in [9.17, 15) is 0 Å². The predicted octanol–water partition coefficient (Wildman–Crippen LogP) is 10.9. The van der Waals surface area contributed by atoms with Gasteiger partial charge >= 0.3 is 0 Å². The van der Waals surface area contributed by atoms with Crippen molar-refractivity contribution in [2.45, 2.75) is 168 Å². The summed E-state index contributed by atoms with van der Waals surface area (Å²) in [6.45, 7) is 29.5. The number of hydrogen-bond donors (Lipinski definition) is 0. The minimum absolute atomic E-state index is 0.0458. The summed E-state index contributed by atoms with van der Waals surface area (Å²) in [6.07, 6.45) is 8.51. The Labute approximate surface area is 251 Å². The van der Waals surface area contributed by atoms with Gasteiger partial charge in [-0.15, -0.1) is 0 Å². The zero-order valence-electron chi connectivity index (χ0n) is 28.7. The van der Waals surface area contributed by atoms with Crippen molar-refractivity contribution in [3.8, 4) is 5.75 Å². The zero-order valence-corrected chi connectivity index (χ0v) is 30.7. The third-order valence-corrected chi connectivity index (χ3v) is 20.0. The second-order valence-electron chi connectivity index (χ2n) is 14.3. The van der Waals surface area contributed by atoms with Crippen LogP contribution < -0.4 is 4.74 Å². The number of unbranched alkanes of at least 4 members (excludes halogenated alkanes) is 4. The summed E-state index contributed by atoms with van der Waals surface area (Å²) in [5, 5.41) is 0.170. The number of methoxy groups -OCH3 is 1. The van der Waals surface area contributed by atoms with Gasteiger partial charge in [0, 0.05) is 6.42 Å². The minimum atomic E-state index is -2.08. The molecule has 0 aliphatic carbocycles. The Morgan fingerprint density at radius 2 is 1.32 bits per heavy atom. The summed E-state index contributed by atoms with van der Waals surface area (Å²) in [7, 11) is -2.28. The molecule has 6 heteroatoms. The normalized spacial score (nSPS) is 14.8. The molecule has 2 atom stereocenters. The van der Waals surface area contributed by atoms with E-state index in [1.54, 1.807) is 7.11 Å². The van der Waals surface area contributed by atoms with E-state index < -0.39 is 16.6 Å². The lowest BCUT2D eigenvalue weighted by Crippen LogP contribution is -2.52. The van der Waals surface area contributed by atoms with E-state index in [-0.39, 0.29) is 17.2 Å². The van der Waals surface area contributed by atoms with Crippen LogP contribution in [0.3, 0.4) is 0 Å². The summed E-state index contributed by atoms with van der Waals surface area (Å²) in [4.78, 5) is 0. The molecule has 0 fully saturated rings. The fourth-order valence-electron chi connectivity index (χ4n) is 5.84. The Morgan fingerprint density at radius 3 is 1.80 bits per heavy atom. The van der Waals surface area contributed by atoms with E-state index in [2.05, 4.69) is 94.5 Å². The molecular weight excluding hydrogens is 529 g/mol. The maximum atomic E-state index is 7.43. The first-order valence-corrected chi connectivity index (χ1v) is 21.2. The van der Waals surface area contributed by atoms with Gasteiger partial charge in [0.15, 0.2) is 8.32 Å². The van der Waals surface area contributed by atoms with Crippen LogP contribution in [0.2, 0.25) is 34.8 Å². The number of benzene rings is 1. The molecule has 0 heterocycles. The van der Waals surface area contributed by atoms with Crippen molar-refractivity contribution in [3.63, 3.8) is 0 Å². The highest BCUT2D eigenvalue weighted by atomic mass is 28.4. The van der Waals surface area contributed by atoms with Crippen LogP contribution in [0.5, 0.6) is 5.75 Å². The van der Waals surface area contributed by atoms with Crippen LogP contribution in [0.4, 0.5) is 0 Å². The SMILES string of the molecule is CCCCCCC[C@H](C[C@@H](CO[Si](C)(C)C(C)(C)C)O[Si](C(C)C)(C(C)C)C(C)C)OCc1ccc(OC)cc1. The van der Waals surface area contributed by atoms with Crippen LogP contribution in [0.15, 0.2) is 24.3 Å². The molecule has 0 unspecified atom stereocenters. The molecule has 0 aliphatic rings. The molecule has 0 aliphatic heterocycles. The van der Waals surface area contributed by atoms with Crippen molar-refractivity contribution in [2.75, 3.05) is 13.7 Å². The molecule has 0 saturated carbocycles. The van der Waals surface area contributed by atoms with Crippen molar-refractivity contribution in [2.24, 2.45) is 0 Å². The summed E-state index contributed by atoms with van der Waals surface area (Å²) < 4.78 is 26.3. The van der Waals surface area contributed by atoms with Crippen molar-refractivity contribution in [3.05, 3.63) is 29.8 Å². The Morgan fingerprint density at radius 1 is 0.775 bits per heavy atom. The van der Waals surface area contributed by atoms with E-state index in [1.807, 2.05) is 12.1 Å². The molecule has 0 bridgehead atoms. The van der Waals surface area contributed by atoms with Crippen LogP contribution in [0.25, 0.3) is 0 Å². The summed E-state index contributed by atoms with van der Waals surface area (Å²) >= 11 is 0. The molecule has 1 aromatic rings. The lowest BCUT2D eigenvalue weighted by atomic mass is 10.0. The molecule has 0 saturated heterocycles. The van der Waals surface area contributed by atoms with Gasteiger partial charge < -0.3 is 18.3 Å². The third kappa shape index (κ3) is 11.5. The van der Waals surface area contributed by atoms with Gasteiger partial charge in [0.25, 0.3) is 0 Å². The lowest BCUT2D eigenvalue weighted by Gasteiger charge is -2.46. The Balaban J connectivity index is 3.23. The van der Waals surface area contributed by atoms with Crippen molar-refractivity contribution < 1.29 is 18.3 Å². The molecule has 4 nitrogen and oxygen atoms in total. The van der Waals surface area contributed by atoms with Crippen LogP contribution >= 0.6 is 0 Å². The smallest absolute Gasteiger partial charge is 0.200 e. The lowest BCUT2D eigenvalue weighted by molar-refractivity contribution is -0.0110. The van der Waals surface area contributed by atoms with E-state index in [1.165, 1.54) is 37.7 Å². The van der Waals surface area contributed by atoms with Crippen molar-refractivity contribution >= 4 is 16.6 Å². The molecule has 0 amide bonds. The number of hydrogen-bond acceptors (Lipinski definition) is 4. The molecule has 0 aromatic heterocycles. The van der Waals surface area contributed by atoms with Crippen LogP contribution in [-0.2, 0) is 20.2 Å². The molecule has 0 spiro atoms. The predicted molar refractivity (Wildman–Crippen MR) is 179 cm³/mol. The Bertz CT molecular complexity index is 777. The fourth-order valence-corrected chi connectivity index (χ4v) is 12.4. The van der Waals surface area contributed by atoms with Crippen LogP contribution in [-0.4, -0.2) is 42.6 Å². The zero-order chi connectivity index (χ0) is 30.6. The highest BCUT2D eigenvalue weighted by Crippen LogP contribution is 2.44. The first-order valence-electron chi connectivity index (χ1n) is 16.2. The third-order valence-electron chi connectivity index (χ3n) is 9.31. The quantitative estimate of drug-likeness (QED) is 0.111. The van der Waals surface area contributed by atoms with E-state index in [4.69, 9.17) is 18.3 Å². The second kappa shape index (κ2) is 17.5. The topological polar surface area (TPSA) is 36.9 Å². The van der Waals surface area contributed by atoms with Crippen LogP contribution in [0, 0.1) is 0 Å². The van der Waals surface area contributed by atoms with Crippen molar-refractivity contribution in [1.29, 1.82) is 0 Å². The average Bonchev–Trinajstić information content (AvgIpc) is 2.87. The maximum absolute atomic E-state index is 7.43. The van der Waals surface area contributed by atoms with E-state index >= 15 is 0 Å². The van der Waals surface area contributed by atoms with Gasteiger partial charge in [-0.05, 0) is 58.9 Å². The molecule has 40 heavy (non-hydrogen) atoms. The van der Waals surface area contributed by atoms with Gasteiger partial charge in [0.1, 0.15) is 5.75 Å². The monoisotopic (exact) mass is 594 g/mol. The molecule has 0 N–H and O–H groups in total. The average molecular weight is 595 g/mol. The minimum Gasteiger partial charge on any atom is -0.497 e. The summed E-state index contributed by atoms with van der Waals surface area (Å²) in [6, 6.07) is 8.26. The molecule has 1 rings (SSSR count). The fraction of sp³-hybridized carbons (Fsp3) is 0.824. The number of rotatable bonds is 20. The summed E-state index contributed by atoms with van der Waals surface area (Å²) in [5.41, 5.74) is 2.80. The van der Waals surface area contributed by atoms with Gasteiger partial charge in [-0.25, -0.2) is 0 Å². The highest BCUT2D eigenvalue weighted by Gasteiger charge is 2.47. The summed E-state index contributed by atoms with van der Waals surface area (Å²) in [5.74, 6) is 0.879. The first-order chi connectivity index (χ1) is 18.6. The van der Waals surface area contributed by atoms with E-state index in [0.29, 0.717) is 29.8 Å². The standard InChI is InChI=1S/C34H66O4Si2/c1-14-15-16-17-18-19-32(36-25-30-20-22-31(35-11)23-21-30)24-33(26-37-39(12,13)34(8,9)10)38-40(27(2)3,28(4)5)29(6)7/h20-23,27-29,32-33H,14-19,24-26H2,1-13H3/t32-,33+/m1/s1. The van der Waals surface area contributed by atoms with Gasteiger partial charge in [-0.1, -0.05) is 113 Å². The van der Waals surface area contributed by atoms with Crippen LogP contribution in [0.1, 0.15) is 120 Å². The van der Waals surface area contributed by atoms with Crippen molar-refractivity contribution in [1.82, 2.24) is 0 Å². The van der Waals surface area contributed by atoms with Gasteiger partial charge in [-0.2, -0.15) is 0 Å². The first kappa shape index (κ1) is 37.4. The molecule has 1 aromatic carbocycles. The maximum Gasteiger partial charge on any atom is 0.200 e. The second-order valence-corrected chi connectivity index (χ2v) is 24.6. The molecular formula is C34H66O4Si2. The largest absolute Gasteiger partial charge is 0.497 e. The van der Waals surface area contributed by atoms with Gasteiger partial charge in [0.05, 0.1) is 32.5 Å². The molecule has 0 radical (unpaired) electrons. The highest BCUT2D eigenvalue weighted by molar-refractivity contribution is 6.77. The Hall–Kier alpha value is -0.666. The van der Waals surface area contributed by atoms with Gasteiger partial charge in [0.2, 0.25) is 8.32 Å².